The summed E-state index contributed by atoms with van der Waals surface area (Å²) in [7, 11) is 0. The molecule has 0 N–H and O–H groups in total. The van der Waals surface area contributed by atoms with Gasteiger partial charge < -0.3 is 22.3 Å². The predicted octanol–water partition coefficient (Wildman–Crippen LogP) is 3.14. The summed E-state index contributed by atoms with van der Waals surface area (Å²) in [5.41, 5.74) is 1.20. The molecule has 0 saturated heterocycles. The maximum absolute atomic E-state index is 3.03. The maximum atomic E-state index is 3.03. The van der Waals surface area contributed by atoms with Gasteiger partial charge in [-0.25, -0.2) is 0 Å². The van der Waals surface area contributed by atoms with E-state index in [9.17, 15) is 0 Å². The molecule has 0 radical (unpaired) electrons. The van der Waals surface area contributed by atoms with E-state index in [1.54, 1.807) is 0 Å². The van der Waals surface area contributed by atoms with Crippen molar-refractivity contribution in [2.24, 2.45) is 0 Å². The molecule has 0 nitrogen and oxygen atoms in total. The van der Waals surface area contributed by atoms with Crippen molar-refractivity contribution in [3.63, 3.8) is 0 Å². The number of rotatable bonds is 0. The quantitative estimate of drug-likeness (QED) is 0.430. The summed E-state index contributed by atoms with van der Waals surface area (Å²) in [6, 6.07) is 10.9. The summed E-state index contributed by atoms with van der Waals surface area (Å²) in [6.45, 7) is 2.03. The van der Waals surface area contributed by atoms with Gasteiger partial charge in [0.2, 0.25) is 0 Å². The fourth-order valence-electron chi connectivity index (χ4n) is 0.483. The largest absolute Gasteiger partial charge is 2.00 e. The van der Waals surface area contributed by atoms with Crippen LogP contribution in [0.3, 0.4) is 0 Å². The summed E-state index contributed by atoms with van der Waals surface area (Å²) in [5, 5.41) is 0. The van der Waals surface area contributed by atoms with Crippen molar-refractivity contribution in [2.45, 2.75) is 6.92 Å². The van der Waals surface area contributed by atoms with E-state index in [2.05, 4.69) is 6.07 Å². The van der Waals surface area contributed by atoms with E-state index in [4.69, 9.17) is 0 Å². The molecule has 1 aromatic rings. The first-order valence-corrected chi connectivity index (χ1v) is 2.33. The Morgan fingerprint density at radius 3 is 1.75 bits per heavy atom. The number of benzene rings is 1. The van der Waals surface area contributed by atoms with Crippen LogP contribution >= 0.6 is 0 Å². The van der Waals surface area contributed by atoms with Gasteiger partial charge in [0.15, 0.2) is 0 Å². The van der Waals surface area contributed by atoms with Gasteiger partial charge >= 0.3 is 52.2 Å². The minimum Gasteiger partial charge on any atom is -0.358 e. The molecule has 0 aliphatic heterocycles. The van der Waals surface area contributed by atoms with Crippen LogP contribution in [-0.2, 0) is 21.1 Å². The third kappa shape index (κ3) is 13.5. The van der Waals surface area contributed by atoms with E-state index in [1.165, 1.54) is 5.56 Å². The summed E-state index contributed by atoms with van der Waals surface area (Å²) in [4.78, 5) is 0. The molecule has 0 aliphatic rings. The van der Waals surface area contributed by atoms with E-state index < -0.39 is 0 Å². The van der Waals surface area contributed by atoms with Crippen molar-refractivity contribution in [2.75, 3.05) is 0 Å². The second-order valence-corrected chi connectivity index (χ2v) is 1.55. The number of hydrogen-bond donors (Lipinski definition) is 0. The van der Waals surface area contributed by atoms with Gasteiger partial charge in [-0.3, -0.25) is 0 Å². The van der Waals surface area contributed by atoms with Crippen LogP contribution in [0.1, 0.15) is 5.56 Å². The molecule has 0 atom stereocenters. The van der Waals surface area contributed by atoms with Crippen LogP contribution in [0.15, 0.2) is 24.3 Å². The minimum atomic E-state index is 0. The summed E-state index contributed by atoms with van der Waals surface area (Å²) in [5.74, 6) is 0. The molecule has 1 aromatic carbocycles. The van der Waals surface area contributed by atoms with Crippen LogP contribution in [-0.4, -0.2) is 0 Å². The van der Waals surface area contributed by atoms with Gasteiger partial charge in [-0.2, -0.15) is 35.9 Å². The maximum Gasteiger partial charge on any atom is 2.00 e. The van der Waals surface area contributed by atoms with Gasteiger partial charge in [-0.05, 0) is 0 Å². The van der Waals surface area contributed by atoms with E-state index in [0.717, 1.165) is 0 Å². The van der Waals surface area contributed by atoms with Crippen LogP contribution in [0.4, 0.5) is 0 Å². The molecule has 0 bridgehead atoms. The molecular formula is C10H16UW. The molecule has 0 saturated carbocycles. The molecule has 0 spiro atoms. The molecule has 0 aliphatic carbocycles. The number of aryl methyl sites for hydroxylation is 1. The van der Waals surface area contributed by atoms with Crippen molar-refractivity contribution in [1.82, 2.24) is 0 Å². The topological polar surface area (TPSA) is 0 Å². The van der Waals surface area contributed by atoms with Crippen LogP contribution in [0.2, 0.25) is 0 Å². The molecule has 0 heterocycles. The van der Waals surface area contributed by atoms with E-state index in [-0.39, 0.29) is 74.5 Å². The Labute approximate surface area is 116 Å². The Hall–Kier alpha value is 0.960. The van der Waals surface area contributed by atoms with Gasteiger partial charge in [-0.15, -0.1) is 0 Å². The fourth-order valence-corrected chi connectivity index (χ4v) is 0.483. The molecule has 0 fully saturated rings. The molecule has 66 valence electrons. The Morgan fingerprint density at radius 2 is 1.58 bits per heavy atom. The zero-order valence-corrected chi connectivity index (χ0v) is 15.3. The normalized spacial score (nSPS) is 5.08. The second kappa shape index (κ2) is 17.9. The Kier molecular flexibility index (Phi) is 43.6. The van der Waals surface area contributed by atoms with Gasteiger partial charge in [0.25, 0.3) is 0 Å². The van der Waals surface area contributed by atoms with Gasteiger partial charge in [0.05, 0.1) is 0 Å². The van der Waals surface area contributed by atoms with Crippen LogP contribution in [0.5, 0.6) is 0 Å². The molecule has 0 aromatic heterocycles. The van der Waals surface area contributed by atoms with Gasteiger partial charge in [-0.1, -0.05) is 6.92 Å². The van der Waals surface area contributed by atoms with Crippen molar-refractivity contribution in [3.8, 4) is 0 Å². The van der Waals surface area contributed by atoms with Crippen molar-refractivity contribution in [3.05, 3.63) is 58.2 Å². The standard InChI is InChI=1S/C7H7.3CH3.U.W/c1-7-5-3-2-4-6-7;;;;;/h2-5H,1H3;3*1H3;;/q4*-1;2*+2. The molecule has 0 amide bonds. The Morgan fingerprint density at radius 1 is 1.08 bits per heavy atom. The van der Waals surface area contributed by atoms with E-state index in [0.29, 0.717) is 0 Å². The summed E-state index contributed by atoms with van der Waals surface area (Å²) >= 11 is 0. The van der Waals surface area contributed by atoms with Crippen molar-refractivity contribution < 1.29 is 52.2 Å². The molecule has 2 heteroatoms. The number of hydrogen-bond acceptors (Lipinski definition) is 0. The Bertz CT molecular complexity index is 140. The van der Waals surface area contributed by atoms with Gasteiger partial charge in [0, 0.05) is 0 Å². The van der Waals surface area contributed by atoms with Gasteiger partial charge in [0.1, 0.15) is 0 Å². The SMILES string of the molecule is Cc1[c-]cccc1.[CH3-].[CH3-].[CH3-].[U+2].[W+2]. The van der Waals surface area contributed by atoms with Crippen LogP contribution in [0, 0.1) is 66.4 Å². The molecular weight excluding hydrogens is 542 g/mol. The third-order valence-corrected chi connectivity index (χ3v) is 0.865. The summed E-state index contributed by atoms with van der Waals surface area (Å²) < 4.78 is 0. The predicted molar refractivity (Wildman–Crippen MR) is 49.3 cm³/mol. The van der Waals surface area contributed by atoms with E-state index in [1.807, 2.05) is 31.2 Å². The average Bonchev–Trinajstić information content (AvgIpc) is 1.69. The van der Waals surface area contributed by atoms with E-state index >= 15 is 0 Å². The van der Waals surface area contributed by atoms with Crippen molar-refractivity contribution in [1.29, 1.82) is 0 Å². The molecule has 1 rings (SSSR count). The van der Waals surface area contributed by atoms with Crippen LogP contribution < -0.4 is 0 Å². The monoisotopic (exact) mass is 558 g/mol. The third-order valence-electron chi connectivity index (χ3n) is 0.865. The Balaban J connectivity index is -0.0000000327. The zero-order chi connectivity index (χ0) is 5.11. The minimum absolute atomic E-state index is 0. The molecule has 0 unspecified atom stereocenters. The first-order valence-electron chi connectivity index (χ1n) is 2.33. The first kappa shape index (κ1) is 29.3. The summed E-state index contributed by atoms with van der Waals surface area (Å²) in [6.07, 6.45) is 0. The first-order chi connectivity index (χ1) is 3.39. The smallest absolute Gasteiger partial charge is 0.358 e. The average molecular weight is 558 g/mol. The van der Waals surface area contributed by atoms with Crippen LogP contribution in [0.25, 0.3) is 0 Å². The zero-order valence-electron chi connectivity index (χ0n) is 8.22. The van der Waals surface area contributed by atoms with Crippen molar-refractivity contribution >= 4 is 0 Å². The fraction of sp³-hybridized carbons (Fsp3) is 0.100. The second-order valence-electron chi connectivity index (χ2n) is 1.55. The molecule has 12 heavy (non-hydrogen) atoms.